The average Bonchev–Trinajstić information content (AvgIpc) is 2.37. The van der Waals surface area contributed by atoms with Crippen molar-refractivity contribution in [1.29, 1.82) is 0 Å². The fraction of sp³-hybridized carbons (Fsp3) is 0.154. The van der Waals surface area contributed by atoms with Crippen LogP contribution in [0.25, 0.3) is 6.08 Å². The Morgan fingerprint density at radius 2 is 1.95 bits per heavy atom. The van der Waals surface area contributed by atoms with Crippen molar-refractivity contribution in [2.45, 2.75) is 6.92 Å². The number of hydrogen-bond acceptors (Lipinski definition) is 4. The highest BCUT2D eigenvalue weighted by Gasteiger charge is 2.25. The SMILES string of the molecule is CCOc1ccc(Br)c(C=C2C(=O)NC(=S)NC2=O)c1. The monoisotopic (exact) mass is 354 g/mol. The molecule has 1 saturated heterocycles. The van der Waals surface area contributed by atoms with Crippen LogP contribution in [-0.4, -0.2) is 23.5 Å². The number of carbonyl (C=O) groups is 2. The number of hydrogen-bond donors (Lipinski definition) is 2. The van der Waals surface area contributed by atoms with E-state index in [0.717, 1.165) is 4.47 Å². The van der Waals surface area contributed by atoms with E-state index in [9.17, 15) is 9.59 Å². The van der Waals surface area contributed by atoms with Crippen LogP contribution in [-0.2, 0) is 9.59 Å². The Kier molecular flexibility index (Phi) is 4.51. The maximum absolute atomic E-state index is 11.8. The molecule has 1 aromatic rings. The first-order chi connectivity index (χ1) is 9.51. The van der Waals surface area contributed by atoms with E-state index in [4.69, 9.17) is 17.0 Å². The third-order valence-corrected chi connectivity index (χ3v) is 3.45. The average molecular weight is 355 g/mol. The van der Waals surface area contributed by atoms with E-state index in [-0.39, 0.29) is 10.7 Å². The zero-order chi connectivity index (χ0) is 14.7. The van der Waals surface area contributed by atoms with Gasteiger partial charge in [-0.3, -0.25) is 20.2 Å². The number of carbonyl (C=O) groups excluding carboxylic acids is 2. The Morgan fingerprint density at radius 3 is 2.55 bits per heavy atom. The lowest BCUT2D eigenvalue weighted by Gasteiger charge is -2.16. The predicted octanol–water partition coefficient (Wildman–Crippen LogP) is 1.76. The summed E-state index contributed by atoms with van der Waals surface area (Å²) >= 11 is 8.11. The van der Waals surface area contributed by atoms with Crippen molar-refractivity contribution in [3.05, 3.63) is 33.8 Å². The molecule has 20 heavy (non-hydrogen) atoms. The molecule has 5 nitrogen and oxygen atoms in total. The highest BCUT2D eigenvalue weighted by Crippen LogP contribution is 2.25. The lowest BCUT2D eigenvalue weighted by atomic mass is 10.1. The molecule has 0 unspecified atom stereocenters. The largest absolute Gasteiger partial charge is 0.494 e. The lowest BCUT2D eigenvalue weighted by Crippen LogP contribution is -2.51. The number of ether oxygens (including phenoxy) is 1. The van der Waals surface area contributed by atoms with Crippen molar-refractivity contribution >= 4 is 51.2 Å². The molecule has 0 bridgehead atoms. The Bertz CT molecular complexity index is 606. The van der Waals surface area contributed by atoms with Gasteiger partial charge in [0.25, 0.3) is 11.8 Å². The molecular weight excluding hydrogens is 344 g/mol. The molecule has 1 aliphatic heterocycles. The second-order valence-corrected chi connectivity index (χ2v) is 5.17. The highest BCUT2D eigenvalue weighted by atomic mass is 79.9. The first kappa shape index (κ1) is 14.7. The minimum atomic E-state index is -0.521. The Morgan fingerprint density at radius 1 is 1.30 bits per heavy atom. The first-order valence-corrected chi connectivity index (χ1v) is 7.02. The molecule has 0 aromatic heterocycles. The van der Waals surface area contributed by atoms with Gasteiger partial charge in [-0.05, 0) is 49.0 Å². The third-order valence-electron chi connectivity index (χ3n) is 2.52. The number of benzene rings is 1. The summed E-state index contributed by atoms with van der Waals surface area (Å²) < 4.78 is 6.14. The zero-order valence-electron chi connectivity index (χ0n) is 10.5. The summed E-state index contributed by atoms with van der Waals surface area (Å²) in [4.78, 5) is 23.5. The molecule has 0 spiro atoms. The molecule has 2 amide bonds. The van der Waals surface area contributed by atoms with Crippen LogP contribution in [0.4, 0.5) is 0 Å². The van der Waals surface area contributed by atoms with Crippen molar-refractivity contribution in [2.75, 3.05) is 6.61 Å². The second kappa shape index (κ2) is 6.15. The van der Waals surface area contributed by atoms with Crippen LogP contribution in [0.1, 0.15) is 12.5 Å². The fourth-order valence-corrected chi connectivity index (χ4v) is 2.20. The summed E-state index contributed by atoms with van der Waals surface area (Å²) in [7, 11) is 0. The van der Waals surface area contributed by atoms with Crippen molar-refractivity contribution in [1.82, 2.24) is 10.6 Å². The molecule has 0 radical (unpaired) electrons. The van der Waals surface area contributed by atoms with Crippen LogP contribution in [0.5, 0.6) is 5.75 Å². The molecule has 0 atom stereocenters. The summed E-state index contributed by atoms with van der Waals surface area (Å²) in [6.07, 6.45) is 1.49. The van der Waals surface area contributed by atoms with Crippen molar-refractivity contribution < 1.29 is 14.3 Å². The van der Waals surface area contributed by atoms with Gasteiger partial charge in [-0.1, -0.05) is 15.9 Å². The molecule has 2 rings (SSSR count). The molecule has 1 aromatic carbocycles. The fourth-order valence-electron chi connectivity index (χ4n) is 1.65. The number of halogens is 1. The number of nitrogens with one attached hydrogen (secondary N) is 2. The Hall–Kier alpha value is -1.73. The van der Waals surface area contributed by atoms with Crippen LogP contribution >= 0.6 is 28.1 Å². The van der Waals surface area contributed by atoms with Crippen molar-refractivity contribution in [3.8, 4) is 5.75 Å². The maximum Gasteiger partial charge on any atom is 0.263 e. The summed E-state index contributed by atoms with van der Waals surface area (Å²) in [6, 6.07) is 5.33. The van der Waals surface area contributed by atoms with Crippen LogP contribution in [0.3, 0.4) is 0 Å². The summed E-state index contributed by atoms with van der Waals surface area (Å²) in [5, 5.41) is 4.78. The highest BCUT2D eigenvalue weighted by molar-refractivity contribution is 9.10. The summed E-state index contributed by atoms with van der Waals surface area (Å²) in [5.41, 5.74) is 0.664. The van der Waals surface area contributed by atoms with E-state index in [1.807, 2.05) is 6.92 Å². The summed E-state index contributed by atoms with van der Waals surface area (Å²) in [5.74, 6) is -0.380. The standard InChI is InChI=1S/C13H11BrN2O3S/c1-2-19-8-3-4-10(14)7(5-8)6-9-11(17)15-13(20)16-12(9)18/h3-6H,2H2,1H3,(H2,15,16,17,18,20). The van der Waals surface area contributed by atoms with E-state index < -0.39 is 11.8 Å². The topological polar surface area (TPSA) is 67.4 Å². The minimum Gasteiger partial charge on any atom is -0.494 e. The van der Waals surface area contributed by atoms with Crippen LogP contribution in [0, 0.1) is 0 Å². The van der Waals surface area contributed by atoms with Gasteiger partial charge in [0, 0.05) is 4.47 Å². The third kappa shape index (κ3) is 3.23. The first-order valence-electron chi connectivity index (χ1n) is 5.82. The maximum atomic E-state index is 11.8. The molecule has 1 heterocycles. The van der Waals surface area contributed by atoms with Gasteiger partial charge in [0.2, 0.25) is 0 Å². The number of rotatable bonds is 3. The van der Waals surface area contributed by atoms with Crippen LogP contribution in [0.2, 0.25) is 0 Å². The molecule has 1 aliphatic rings. The smallest absolute Gasteiger partial charge is 0.263 e. The van der Waals surface area contributed by atoms with Gasteiger partial charge >= 0.3 is 0 Å². The van der Waals surface area contributed by atoms with Gasteiger partial charge in [0.1, 0.15) is 11.3 Å². The zero-order valence-corrected chi connectivity index (χ0v) is 12.9. The Labute approximate surface area is 129 Å². The number of thiocarbonyl (C=S) groups is 1. The molecule has 104 valence electrons. The molecular formula is C13H11BrN2O3S. The predicted molar refractivity (Wildman–Crippen MR) is 82.2 cm³/mol. The quantitative estimate of drug-likeness (QED) is 0.493. The minimum absolute atomic E-state index is 0.00653. The second-order valence-electron chi connectivity index (χ2n) is 3.91. The molecule has 2 N–H and O–H groups in total. The lowest BCUT2D eigenvalue weighted by molar-refractivity contribution is -0.123. The molecule has 7 heteroatoms. The van der Waals surface area contributed by atoms with Crippen molar-refractivity contribution in [2.24, 2.45) is 0 Å². The van der Waals surface area contributed by atoms with Gasteiger partial charge in [-0.25, -0.2) is 0 Å². The Balaban J connectivity index is 2.38. The van der Waals surface area contributed by atoms with Crippen molar-refractivity contribution in [3.63, 3.8) is 0 Å². The number of amides is 2. The van der Waals surface area contributed by atoms with Crippen LogP contribution in [0.15, 0.2) is 28.2 Å². The van der Waals surface area contributed by atoms with Gasteiger partial charge in [0.05, 0.1) is 6.61 Å². The molecule has 0 saturated carbocycles. The molecule has 1 fully saturated rings. The van der Waals surface area contributed by atoms with Gasteiger partial charge < -0.3 is 4.74 Å². The van der Waals surface area contributed by atoms with E-state index in [1.54, 1.807) is 18.2 Å². The molecule has 0 aliphatic carbocycles. The van der Waals surface area contributed by atoms with E-state index in [0.29, 0.717) is 17.9 Å². The van der Waals surface area contributed by atoms with E-state index in [2.05, 4.69) is 26.6 Å². The van der Waals surface area contributed by atoms with Crippen LogP contribution < -0.4 is 15.4 Å². The van der Waals surface area contributed by atoms with Gasteiger partial charge in [-0.15, -0.1) is 0 Å². The van der Waals surface area contributed by atoms with E-state index >= 15 is 0 Å². The normalized spacial score (nSPS) is 14.7. The van der Waals surface area contributed by atoms with Gasteiger partial charge in [-0.2, -0.15) is 0 Å². The summed E-state index contributed by atoms with van der Waals surface area (Å²) in [6.45, 7) is 2.41. The van der Waals surface area contributed by atoms with Gasteiger partial charge in [0.15, 0.2) is 5.11 Å². The van der Waals surface area contributed by atoms with E-state index in [1.165, 1.54) is 6.08 Å².